The van der Waals surface area contributed by atoms with E-state index >= 15 is 0 Å². The molecule has 18 heavy (non-hydrogen) atoms. The normalized spacial score (nSPS) is 23.0. The molecule has 1 aliphatic rings. The molecule has 2 rings (SSSR count). The zero-order valence-electron chi connectivity index (χ0n) is 10.4. The molecule has 1 heterocycles. The van der Waals surface area contributed by atoms with Crippen LogP contribution in [-0.4, -0.2) is 43.8 Å². The molecule has 1 aliphatic heterocycles. The van der Waals surface area contributed by atoms with Gasteiger partial charge in [-0.2, -0.15) is 0 Å². The average molecular weight is 289 g/mol. The number of hydrogen-bond acceptors (Lipinski definition) is 3. The van der Waals surface area contributed by atoms with Gasteiger partial charge in [0.2, 0.25) is 0 Å². The van der Waals surface area contributed by atoms with Gasteiger partial charge in [0.15, 0.2) is 0 Å². The Labute approximate surface area is 118 Å². The minimum Gasteiger partial charge on any atom is -0.374 e. The van der Waals surface area contributed by atoms with Crippen molar-refractivity contribution in [3.63, 3.8) is 0 Å². The third-order valence-electron chi connectivity index (χ3n) is 3.26. The fourth-order valence-electron chi connectivity index (χ4n) is 2.16. The molecule has 0 radical (unpaired) electrons. The topological polar surface area (TPSA) is 38.5 Å². The van der Waals surface area contributed by atoms with Crippen LogP contribution < -0.4 is 5.73 Å². The van der Waals surface area contributed by atoms with E-state index in [0.29, 0.717) is 16.5 Å². The number of morpholine rings is 1. The Kier molecular flexibility index (Phi) is 4.87. The molecule has 1 fully saturated rings. The summed E-state index contributed by atoms with van der Waals surface area (Å²) in [6, 6.07) is 5.57. The summed E-state index contributed by atoms with van der Waals surface area (Å²) >= 11 is 12.2. The summed E-state index contributed by atoms with van der Waals surface area (Å²) in [4.78, 5) is 2.23. The van der Waals surface area contributed by atoms with E-state index < -0.39 is 0 Å². The zero-order valence-corrected chi connectivity index (χ0v) is 11.9. The molecule has 0 bridgehead atoms. The summed E-state index contributed by atoms with van der Waals surface area (Å²) in [5, 5.41) is 1.17. The Morgan fingerprint density at radius 2 is 2.28 bits per heavy atom. The van der Waals surface area contributed by atoms with Crippen LogP contribution in [0.25, 0.3) is 0 Å². The zero-order chi connectivity index (χ0) is 13.1. The van der Waals surface area contributed by atoms with Crippen molar-refractivity contribution >= 4 is 23.2 Å². The molecule has 2 unspecified atom stereocenters. The molecule has 0 aromatic heterocycles. The van der Waals surface area contributed by atoms with E-state index in [9.17, 15) is 0 Å². The van der Waals surface area contributed by atoms with E-state index in [1.807, 2.05) is 12.1 Å². The van der Waals surface area contributed by atoms with Gasteiger partial charge in [-0.15, -0.1) is 0 Å². The summed E-state index contributed by atoms with van der Waals surface area (Å²) in [6.45, 7) is 2.55. The lowest BCUT2D eigenvalue weighted by Gasteiger charge is -2.33. The van der Waals surface area contributed by atoms with Crippen LogP contribution in [0.5, 0.6) is 0 Å². The molecular formula is C13H18Cl2N2O. The maximum absolute atomic E-state index is 6.21. The van der Waals surface area contributed by atoms with Gasteiger partial charge in [0.05, 0.1) is 22.8 Å². The van der Waals surface area contributed by atoms with E-state index in [4.69, 9.17) is 33.7 Å². The maximum atomic E-state index is 6.21. The molecule has 1 aromatic carbocycles. The van der Waals surface area contributed by atoms with Crippen molar-refractivity contribution in [2.24, 2.45) is 5.73 Å². The summed E-state index contributed by atoms with van der Waals surface area (Å²) in [6.07, 6.45) is 0.733. The molecule has 100 valence electrons. The quantitative estimate of drug-likeness (QED) is 0.927. The lowest BCUT2D eigenvalue weighted by Crippen LogP contribution is -2.50. The van der Waals surface area contributed by atoms with Gasteiger partial charge in [0.1, 0.15) is 0 Å². The number of ether oxygens (including phenoxy) is 1. The van der Waals surface area contributed by atoms with Gasteiger partial charge in [0, 0.05) is 19.1 Å². The summed E-state index contributed by atoms with van der Waals surface area (Å²) in [5.41, 5.74) is 7.19. The van der Waals surface area contributed by atoms with Gasteiger partial charge in [-0.1, -0.05) is 35.3 Å². The molecule has 1 aromatic rings. The Morgan fingerprint density at radius 3 is 3.00 bits per heavy atom. The minimum atomic E-state index is -0.0660. The first-order valence-electron chi connectivity index (χ1n) is 6.06. The summed E-state index contributed by atoms with van der Waals surface area (Å²) in [5.74, 6) is 0. The van der Waals surface area contributed by atoms with Crippen molar-refractivity contribution in [3.8, 4) is 0 Å². The van der Waals surface area contributed by atoms with Crippen LogP contribution >= 0.6 is 23.2 Å². The number of halogens is 2. The third-order valence-corrected chi connectivity index (χ3v) is 4.12. The van der Waals surface area contributed by atoms with Crippen LogP contribution in [0.15, 0.2) is 18.2 Å². The Hall–Kier alpha value is -0.320. The average Bonchev–Trinajstić information content (AvgIpc) is 2.35. The number of nitrogens with two attached hydrogens (primary N) is 1. The van der Waals surface area contributed by atoms with Crippen molar-refractivity contribution in [2.75, 3.05) is 26.7 Å². The van der Waals surface area contributed by atoms with E-state index in [0.717, 1.165) is 25.3 Å². The van der Waals surface area contributed by atoms with Crippen LogP contribution in [-0.2, 0) is 11.2 Å². The first-order chi connectivity index (χ1) is 8.58. The third kappa shape index (κ3) is 3.37. The van der Waals surface area contributed by atoms with Crippen molar-refractivity contribution in [3.05, 3.63) is 33.8 Å². The molecule has 0 amide bonds. The van der Waals surface area contributed by atoms with Crippen LogP contribution in [0.2, 0.25) is 10.0 Å². The largest absolute Gasteiger partial charge is 0.374 e. The second-order valence-electron chi connectivity index (χ2n) is 4.75. The Balaban J connectivity index is 2.02. The lowest BCUT2D eigenvalue weighted by atomic mass is 10.0. The van der Waals surface area contributed by atoms with Crippen LogP contribution in [0, 0.1) is 0 Å². The van der Waals surface area contributed by atoms with Gasteiger partial charge in [-0.3, -0.25) is 0 Å². The molecule has 2 N–H and O–H groups in total. The number of benzene rings is 1. The number of nitrogens with zero attached hydrogens (tertiary/aromatic N) is 1. The number of rotatable bonds is 3. The smallest absolute Gasteiger partial charge is 0.0856 e. The standard InChI is InChI=1S/C13H18Cl2N2O/c1-17-5-6-18-12(8-17)11(16)7-9-3-2-4-10(14)13(9)15/h2-4,11-12H,5-8,16H2,1H3. The Bertz CT molecular complexity index is 414. The van der Waals surface area contributed by atoms with Crippen LogP contribution in [0.3, 0.4) is 0 Å². The van der Waals surface area contributed by atoms with Gasteiger partial charge in [-0.25, -0.2) is 0 Å². The first kappa shape index (κ1) is 14.1. The van der Waals surface area contributed by atoms with Gasteiger partial charge < -0.3 is 15.4 Å². The van der Waals surface area contributed by atoms with Crippen molar-refractivity contribution in [1.29, 1.82) is 0 Å². The fraction of sp³-hybridized carbons (Fsp3) is 0.538. The van der Waals surface area contributed by atoms with Gasteiger partial charge in [0.25, 0.3) is 0 Å². The fourth-order valence-corrected chi connectivity index (χ4v) is 2.56. The number of hydrogen-bond donors (Lipinski definition) is 1. The minimum absolute atomic E-state index is 0.0544. The van der Waals surface area contributed by atoms with Crippen molar-refractivity contribution < 1.29 is 4.74 Å². The first-order valence-corrected chi connectivity index (χ1v) is 6.82. The predicted molar refractivity (Wildman–Crippen MR) is 75.4 cm³/mol. The molecule has 0 aliphatic carbocycles. The Morgan fingerprint density at radius 1 is 1.50 bits per heavy atom. The van der Waals surface area contributed by atoms with E-state index in [1.54, 1.807) is 6.07 Å². The van der Waals surface area contributed by atoms with Crippen LogP contribution in [0.1, 0.15) is 5.56 Å². The van der Waals surface area contributed by atoms with Crippen molar-refractivity contribution in [2.45, 2.75) is 18.6 Å². The maximum Gasteiger partial charge on any atom is 0.0856 e. The molecule has 0 spiro atoms. The highest BCUT2D eigenvalue weighted by molar-refractivity contribution is 6.42. The second kappa shape index (κ2) is 6.22. The lowest BCUT2D eigenvalue weighted by molar-refractivity contribution is -0.0319. The molecule has 5 heteroatoms. The number of likely N-dealkylation sites (N-methyl/N-ethyl adjacent to an activating group) is 1. The highest BCUT2D eigenvalue weighted by Gasteiger charge is 2.24. The van der Waals surface area contributed by atoms with Crippen molar-refractivity contribution in [1.82, 2.24) is 4.90 Å². The molecule has 2 atom stereocenters. The second-order valence-corrected chi connectivity index (χ2v) is 5.54. The van der Waals surface area contributed by atoms with Gasteiger partial charge >= 0.3 is 0 Å². The summed E-state index contributed by atoms with van der Waals surface area (Å²) < 4.78 is 5.71. The summed E-state index contributed by atoms with van der Waals surface area (Å²) in [7, 11) is 2.08. The monoisotopic (exact) mass is 288 g/mol. The predicted octanol–water partition coefficient (Wildman–Crippen LogP) is 2.19. The molecule has 0 saturated carbocycles. The van der Waals surface area contributed by atoms with E-state index in [-0.39, 0.29) is 12.1 Å². The van der Waals surface area contributed by atoms with Crippen LogP contribution in [0.4, 0.5) is 0 Å². The SMILES string of the molecule is CN1CCOC(C(N)Cc2cccc(Cl)c2Cl)C1. The molecule has 3 nitrogen and oxygen atoms in total. The van der Waals surface area contributed by atoms with E-state index in [2.05, 4.69) is 11.9 Å². The highest BCUT2D eigenvalue weighted by atomic mass is 35.5. The van der Waals surface area contributed by atoms with Gasteiger partial charge in [-0.05, 0) is 25.1 Å². The van der Waals surface area contributed by atoms with E-state index in [1.165, 1.54) is 0 Å². The highest BCUT2D eigenvalue weighted by Crippen LogP contribution is 2.26. The molecular weight excluding hydrogens is 271 g/mol. The molecule has 1 saturated heterocycles.